The van der Waals surface area contributed by atoms with Crippen LogP contribution in [0, 0.1) is 5.82 Å². The number of piperidine rings is 1. The van der Waals surface area contributed by atoms with E-state index in [4.69, 9.17) is 4.98 Å². The van der Waals surface area contributed by atoms with E-state index in [2.05, 4.69) is 44.3 Å². The number of rotatable bonds is 6. The van der Waals surface area contributed by atoms with Crippen molar-refractivity contribution in [2.75, 3.05) is 23.7 Å². The molecule has 0 atom stereocenters. The first kappa shape index (κ1) is 23.7. The van der Waals surface area contributed by atoms with Gasteiger partial charge in [0, 0.05) is 48.5 Å². The summed E-state index contributed by atoms with van der Waals surface area (Å²) in [4.78, 5) is 32.9. The number of halogens is 1. The van der Waals surface area contributed by atoms with Crippen LogP contribution in [0.1, 0.15) is 37.0 Å². The van der Waals surface area contributed by atoms with Crippen molar-refractivity contribution in [2.45, 2.75) is 38.8 Å². The van der Waals surface area contributed by atoms with Gasteiger partial charge >= 0.3 is 0 Å². The van der Waals surface area contributed by atoms with Crippen LogP contribution in [0.5, 0.6) is 0 Å². The number of fused-ring (bicyclic) bond motifs is 1. The fourth-order valence-corrected chi connectivity index (χ4v) is 4.36. The Bertz CT molecular complexity index is 1370. The van der Waals surface area contributed by atoms with Crippen molar-refractivity contribution in [1.29, 1.82) is 0 Å². The van der Waals surface area contributed by atoms with E-state index in [1.807, 2.05) is 6.07 Å². The summed E-state index contributed by atoms with van der Waals surface area (Å²) in [6.07, 6.45) is 8.95. The fraction of sp³-hybridized carbons (Fsp3) is 0.296. The van der Waals surface area contributed by atoms with E-state index >= 15 is 0 Å². The smallest absolute Gasteiger partial charge is 0.256 e. The molecular weight excluding hydrogens is 457 g/mol. The van der Waals surface area contributed by atoms with Crippen LogP contribution in [0.3, 0.4) is 0 Å². The number of likely N-dealkylation sites (tertiary alicyclic amines) is 1. The molecule has 36 heavy (non-hydrogen) atoms. The van der Waals surface area contributed by atoms with Crippen molar-refractivity contribution in [3.63, 3.8) is 0 Å². The minimum absolute atomic E-state index is 0.350. The van der Waals surface area contributed by atoms with Gasteiger partial charge in [-0.25, -0.2) is 14.4 Å². The van der Waals surface area contributed by atoms with Gasteiger partial charge in [0.05, 0.1) is 18.1 Å². The highest BCUT2D eigenvalue weighted by Crippen LogP contribution is 2.24. The number of aromatic nitrogens is 4. The predicted molar refractivity (Wildman–Crippen MR) is 138 cm³/mol. The third kappa shape index (κ3) is 5.46. The molecule has 4 aromatic rings. The lowest BCUT2D eigenvalue weighted by atomic mass is 10.0. The van der Waals surface area contributed by atoms with Gasteiger partial charge in [-0.1, -0.05) is 0 Å². The zero-order valence-electron chi connectivity index (χ0n) is 20.3. The molecule has 5 rings (SSSR count). The summed E-state index contributed by atoms with van der Waals surface area (Å²) in [5, 5.41) is 7.97. The monoisotopic (exact) mass is 485 g/mol. The quantitative estimate of drug-likeness (QED) is 0.406. The van der Waals surface area contributed by atoms with E-state index in [9.17, 15) is 9.18 Å². The lowest BCUT2D eigenvalue weighted by molar-refractivity contribution is 0.102. The van der Waals surface area contributed by atoms with Crippen molar-refractivity contribution in [1.82, 2.24) is 24.8 Å². The summed E-state index contributed by atoms with van der Waals surface area (Å²) in [7, 11) is 0. The molecule has 9 heteroatoms. The summed E-state index contributed by atoms with van der Waals surface area (Å²) in [6.45, 7) is 6.61. The van der Waals surface area contributed by atoms with Crippen molar-refractivity contribution in [3.8, 4) is 11.4 Å². The lowest BCUT2D eigenvalue weighted by Crippen LogP contribution is -2.42. The highest BCUT2D eigenvalue weighted by molar-refractivity contribution is 6.04. The van der Waals surface area contributed by atoms with Crippen LogP contribution >= 0.6 is 0 Å². The minimum Gasteiger partial charge on any atom is -0.366 e. The molecule has 4 heterocycles. The molecule has 3 aromatic heterocycles. The van der Waals surface area contributed by atoms with E-state index in [0.29, 0.717) is 34.9 Å². The van der Waals surface area contributed by atoms with Crippen molar-refractivity contribution >= 4 is 28.3 Å². The van der Waals surface area contributed by atoms with Crippen molar-refractivity contribution < 1.29 is 9.18 Å². The molecule has 0 spiro atoms. The van der Waals surface area contributed by atoms with Crippen LogP contribution in [0.2, 0.25) is 0 Å². The van der Waals surface area contributed by atoms with Gasteiger partial charge in [-0.05, 0) is 68.5 Å². The Morgan fingerprint density at radius 1 is 0.944 bits per heavy atom. The second kappa shape index (κ2) is 10.3. The van der Waals surface area contributed by atoms with E-state index in [1.54, 1.807) is 30.9 Å². The molecule has 1 amide bonds. The van der Waals surface area contributed by atoms with Gasteiger partial charge in [-0.15, -0.1) is 0 Å². The Hall–Kier alpha value is -3.98. The molecule has 2 N–H and O–H groups in total. The second-order valence-corrected chi connectivity index (χ2v) is 9.29. The molecule has 0 saturated carbocycles. The Morgan fingerprint density at radius 3 is 2.44 bits per heavy atom. The van der Waals surface area contributed by atoms with Crippen molar-refractivity contribution in [2.24, 2.45) is 0 Å². The van der Waals surface area contributed by atoms with Crippen LogP contribution in [-0.4, -0.2) is 55.9 Å². The van der Waals surface area contributed by atoms with Gasteiger partial charge in [0.2, 0.25) is 0 Å². The molecule has 1 aliphatic heterocycles. The fourth-order valence-electron chi connectivity index (χ4n) is 4.36. The molecule has 1 saturated heterocycles. The van der Waals surface area contributed by atoms with Gasteiger partial charge in [-0.2, -0.15) is 0 Å². The van der Waals surface area contributed by atoms with Crippen LogP contribution in [0.25, 0.3) is 22.2 Å². The highest BCUT2D eigenvalue weighted by atomic mass is 19.1. The molecule has 0 unspecified atom stereocenters. The van der Waals surface area contributed by atoms with Gasteiger partial charge in [0.1, 0.15) is 23.1 Å². The Balaban J connectivity index is 1.31. The number of pyridine rings is 2. The molecule has 0 radical (unpaired) electrons. The summed E-state index contributed by atoms with van der Waals surface area (Å²) in [5.41, 5.74) is 1.69. The average molecular weight is 486 g/mol. The molecule has 184 valence electrons. The van der Waals surface area contributed by atoms with Crippen LogP contribution in [0.4, 0.5) is 16.0 Å². The summed E-state index contributed by atoms with van der Waals surface area (Å²) in [6, 6.07) is 9.98. The predicted octanol–water partition coefficient (Wildman–Crippen LogP) is 4.76. The SMILES string of the molecule is CC(C)N1CCC(Nc2cncc(-c3cc4cc(NC(=O)c5ccc(F)cc5)ncc4cn3)n2)CC1. The number of nitrogens with zero attached hydrogens (tertiary/aromatic N) is 5. The first-order chi connectivity index (χ1) is 17.4. The van der Waals surface area contributed by atoms with Gasteiger partial charge in [-0.3, -0.25) is 14.8 Å². The van der Waals surface area contributed by atoms with Gasteiger partial charge < -0.3 is 15.5 Å². The maximum absolute atomic E-state index is 13.1. The van der Waals surface area contributed by atoms with E-state index in [-0.39, 0.29) is 5.91 Å². The maximum Gasteiger partial charge on any atom is 0.256 e. The molecule has 8 nitrogen and oxygen atoms in total. The first-order valence-corrected chi connectivity index (χ1v) is 12.1. The molecule has 1 aliphatic rings. The first-order valence-electron chi connectivity index (χ1n) is 12.1. The third-order valence-corrected chi connectivity index (χ3v) is 6.46. The number of hydrogen-bond acceptors (Lipinski definition) is 7. The topological polar surface area (TPSA) is 95.9 Å². The molecule has 0 bridgehead atoms. The largest absolute Gasteiger partial charge is 0.366 e. The zero-order chi connectivity index (χ0) is 25.1. The van der Waals surface area contributed by atoms with Gasteiger partial charge in [0.15, 0.2) is 0 Å². The third-order valence-electron chi connectivity index (χ3n) is 6.46. The summed E-state index contributed by atoms with van der Waals surface area (Å²) >= 11 is 0. The molecule has 1 aromatic carbocycles. The van der Waals surface area contributed by atoms with E-state index < -0.39 is 5.82 Å². The zero-order valence-corrected chi connectivity index (χ0v) is 20.3. The number of benzene rings is 1. The Kier molecular flexibility index (Phi) is 6.81. The normalized spacial score (nSPS) is 14.8. The lowest BCUT2D eigenvalue weighted by Gasteiger charge is -2.35. The number of carbonyl (C=O) groups is 1. The summed E-state index contributed by atoms with van der Waals surface area (Å²) in [5.74, 6) is 0.372. The number of hydrogen-bond donors (Lipinski definition) is 2. The number of amides is 1. The van der Waals surface area contributed by atoms with Crippen LogP contribution in [0.15, 0.2) is 61.2 Å². The second-order valence-electron chi connectivity index (χ2n) is 9.29. The maximum atomic E-state index is 13.1. The number of carbonyl (C=O) groups excluding carboxylic acids is 1. The van der Waals surface area contributed by atoms with E-state index in [0.717, 1.165) is 42.5 Å². The minimum atomic E-state index is -0.394. The standard InChI is InChI=1S/C27H28FN7O/c1-17(2)35-9-7-22(8-10-35)32-26-16-29-15-24(33-26)23-11-19-12-25(31-14-20(19)13-30-23)34-27(36)18-3-5-21(28)6-4-18/h3-6,11-17,22H,7-10H2,1-2H3,(H,32,33)(H,31,34,36). The van der Waals surface area contributed by atoms with E-state index in [1.165, 1.54) is 24.3 Å². The Labute approximate surface area is 209 Å². The average Bonchev–Trinajstić information content (AvgIpc) is 2.89. The van der Waals surface area contributed by atoms with Crippen molar-refractivity contribution in [3.05, 3.63) is 72.6 Å². The van der Waals surface area contributed by atoms with Gasteiger partial charge in [0.25, 0.3) is 5.91 Å². The van der Waals surface area contributed by atoms with Crippen LogP contribution in [-0.2, 0) is 0 Å². The number of anilines is 2. The number of nitrogens with one attached hydrogen (secondary N) is 2. The molecule has 0 aliphatic carbocycles. The molecule has 1 fully saturated rings. The van der Waals surface area contributed by atoms with Crippen LogP contribution < -0.4 is 10.6 Å². The summed E-state index contributed by atoms with van der Waals surface area (Å²) < 4.78 is 13.1. The Morgan fingerprint density at radius 2 is 1.69 bits per heavy atom. The molecular formula is C27H28FN7O. The highest BCUT2D eigenvalue weighted by Gasteiger charge is 2.21.